The van der Waals surface area contributed by atoms with Crippen LogP contribution in [-0.4, -0.2) is 27.7 Å². The molecule has 0 unspecified atom stereocenters. The third kappa shape index (κ3) is 2.10. The van der Waals surface area contributed by atoms with Crippen molar-refractivity contribution in [2.45, 2.75) is 0 Å². The van der Waals surface area contributed by atoms with Gasteiger partial charge in [-0.1, -0.05) is 18.2 Å². The first-order chi connectivity index (χ1) is 10.1. The van der Waals surface area contributed by atoms with Gasteiger partial charge in [0.1, 0.15) is 0 Å². The summed E-state index contributed by atoms with van der Waals surface area (Å²) in [7, 11) is 3.50. The largest absolute Gasteiger partial charge is 0.396 e. The van der Waals surface area contributed by atoms with Gasteiger partial charge in [-0.2, -0.15) is 5.10 Å². The summed E-state index contributed by atoms with van der Waals surface area (Å²) in [6.45, 7) is 0. The molecule has 0 saturated carbocycles. The van der Waals surface area contributed by atoms with Crippen molar-refractivity contribution in [3.8, 4) is 0 Å². The van der Waals surface area contributed by atoms with Gasteiger partial charge in [0.2, 0.25) is 0 Å². The first-order valence-corrected chi connectivity index (χ1v) is 6.49. The van der Waals surface area contributed by atoms with Crippen molar-refractivity contribution in [2.24, 2.45) is 7.05 Å². The molecular weight excluding hydrogens is 266 g/mol. The van der Waals surface area contributed by atoms with Crippen LogP contribution in [0.5, 0.6) is 0 Å². The van der Waals surface area contributed by atoms with Gasteiger partial charge in [-0.25, -0.2) is 0 Å². The summed E-state index contributed by atoms with van der Waals surface area (Å²) >= 11 is 0. The van der Waals surface area contributed by atoms with Gasteiger partial charge in [-0.15, -0.1) is 0 Å². The monoisotopic (exact) mass is 281 g/mol. The minimum Gasteiger partial charge on any atom is -0.396 e. The summed E-state index contributed by atoms with van der Waals surface area (Å²) in [6, 6.07) is 9.34. The van der Waals surface area contributed by atoms with Crippen LogP contribution in [0.25, 0.3) is 10.9 Å². The number of para-hydroxylation sites is 1. The summed E-state index contributed by atoms with van der Waals surface area (Å²) in [5, 5.41) is 5.16. The molecule has 0 aliphatic heterocycles. The Morgan fingerprint density at radius 1 is 1.29 bits per heavy atom. The summed E-state index contributed by atoms with van der Waals surface area (Å²) < 4.78 is 1.70. The van der Waals surface area contributed by atoms with E-state index in [0.29, 0.717) is 17.1 Å². The predicted octanol–water partition coefficient (Wildman–Crippen LogP) is 1.83. The number of rotatable bonds is 2. The number of anilines is 2. The molecule has 0 fully saturated rings. The zero-order chi connectivity index (χ0) is 15.0. The molecule has 0 saturated heterocycles. The maximum absolute atomic E-state index is 12.7. The highest BCUT2D eigenvalue weighted by Gasteiger charge is 2.21. The Labute approximate surface area is 121 Å². The second kappa shape index (κ2) is 4.90. The van der Waals surface area contributed by atoms with Crippen LogP contribution < -0.4 is 10.6 Å². The second-order valence-electron chi connectivity index (χ2n) is 4.79. The number of hydrogen-bond donors (Lipinski definition) is 1. The SMILES string of the molecule is CN(C(=O)c1nn(C)c2ccccc12)c1ccncc1N. The number of amides is 1. The average molecular weight is 281 g/mol. The van der Waals surface area contributed by atoms with E-state index in [1.165, 1.54) is 11.1 Å². The number of nitrogens with two attached hydrogens (primary N) is 1. The molecule has 0 aliphatic carbocycles. The van der Waals surface area contributed by atoms with Crippen LogP contribution in [0.1, 0.15) is 10.5 Å². The van der Waals surface area contributed by atoms with E-state index >= 15 is 0 Å². The number of benzene rings is 1. The molecule has 6 nitrogen and oxygen atoms in total. The van der Waals surface area contributed by atoms with Gasteiger partial charge in [0.05, 0.1) is 23.1 Å². The summed E-state index contributed by atoms with van der Waals surface area (Å²) in [5.41, 5.74) is 8.26. The highest BCUT2D eigenvalue weighted by molar-refractivity contribution is 6.13. The topological polar surface area (TPSA) is 77.0 Å². The molecule has 0 bridgehead atoms. The number of pyridine rings is 1. The minimum atomic E-state index is -0.204. The minimum absolute atomic E-state index is 0.204. The van der Waals surface area contributed by atoms with Crippen molar-refractivity contribution in [1.29, 1.82) is 0 Å². The van der Waals surface area contributed by atoms with Gasteiger partial charge in [-0.05, 0) is 12.1 Å². The Morgan fingerprint density at radius 3 is 2.81 bits per heavy atom. The summed E-state index contributed by atoms with van der Waals surface area (Å²) in [4.78, 5) is 18.1. The van der Waals surface area contributed by atoms with Crippen molar-refractivity contribution in [3.05, 3.63) is 48.4 Å². The summed E-state index contributed by atoms with van der Waals surface area (Å²) in [6.07, 6.45) is 3.13. The molecule has 6 heteroatoms. The fourth-order valence-electron chi connectivity index (χ4n) is 2.34. The van der Waals surface area contributed by atoms with Crippen LogP contribution in [0.4, 0.5) is 11.4 Å². The molecule has 0 aliphatic rings. The third-order valence-electron chi connectivity index (χ3n) is 3.45. The van der Waals surface area contributed by atoms with E-state index in [1.807, 2.05) is 31.3 Å². The Kier molecular flexibility index (Phi) is 3.06. The van der Waals surface area contributed by atoms with E-state index in [1.54, 1.807) is 24.0 Å². The van der Waals surface area contributed by atoms with Crippen LogP contribution in [0.3, 0.4) is 0 Å². The van der Waals surface area contributed by atoms with Gasteiger partial charge in [-0.3, -0.25) is 14.5 Å². The van der Waals surface area contributed by atoms with Gasteiger partial charge >= 0.3 is 0 Å². The van der Waals surface area contributed by atoms with Crippen LogP contribution in [0, 0.1) is 0 Å². The van der Waals surface area contributed by atoms with E-state index in [4.69, 9.17) is 5.73 Å². The van der Waals surface area contributed by atoms with Crippen LogP contribution in [-0.2, 0) is 7.05 Å². The molecule has 2 heterocycles. The van der Waals surface area contributed by atoms with Gasteiger partial charge in [0, 0.05) is 25.7 Å². The first kappa shape index (κ1) is 13.1. The Hall–Kier alpha value is -2.89. The van der Waals surface area contributed by atoms with Crippen molar-refractivity contribution in [3.63, 3.8) is 0 Å². The highest BCUT2D eigenvalue weighted by atomic mass is 16.2. The normalized spacial score (nSPS) is 10.8. The van der Waals surface area contributed by atoms with E-state index in [9.17, 15) is 4.79 Å². The van der Waals surface area contributed by atoms with Crippen molar-refractivity contribution >= 4 is 28.2 Å². The lowest BCUT2D eigenvalue weighted by atomic mass is 10.2. The van der Waals surface area contributed by atoms with Crippen molar-refractivity contribution < 1.29 is 4.79 Å². The lowest BCUT2D eigenvalue weighted by Gasteiger charge is -2.17. The Bertz CT molecular complexity index is 824. The first-order valence-electron chi connectivity index (χ1n) is 6.49. The summed E-state index contributed by atoms with van der Waals surface area (Å²) in [5.74, 6) is -0.204. The quantitative estimate of drug-likeness (QED) is 0.777. The Morgan fingerprint density at radius 2 is 2.05 bits per heavy atom. The van der Waals surface area contributed by atoms with Crippen molar-refractivity contribution in [2.75, 3.05) is 17.7 Å². The fraction of sp³-hybridized carbons (Fsp3) is 0.133. The number of nitrogens with zero attached hydrogens (tertiary/aromatic N) is 4. The smallest absolute Gasteiger partial charge is 0.279 e. The molecule has 3 aromatic rings. The molecule has 0 atom stereocenters. The molecule has 1 amide bonds. The molecule has 106 valence electrons. The maximum Gasteiger partial charge on any atom is 0.279 e. The third-order valence-corrected chi connectivity index (χ3v) is 3.45. The molecular formula is C15H15N5O. The number of carbonyl (C=O) groups is 1. The Balaban J connectivity index is 2.07. The van der Waals surface area contributed by atoms with Crippen LogP contribution >= 0.6 is 0 Å². The highest BCUT2D eigenvalue weighted by Crippen LogP contribution is 2.24. The van der Waals surface area contributed by atoms with E-state index in [-0.39, 0.29) is 5.91 Å². The molecule has 0 spiro atoms. The number of nitrogen functional groups attached to an aromatic ring is 1. The molecule has 1 aromatic carbocycles. The molecule has 3 rings (SSSR count). The van der Waals surface area contributed by atoms with Crippen LogP contribution in [0.15, 0.2) is 42.7 Å². The molecule has 0 radical (unpaired) electrons. The lowest BCUT2D eigenvalue weighted by Crippen LogP contribution is -2.27. The van der Waals surface area contributed by atoms with Gasteiger partial charge < -0.3 is 10.6 Å². The number of aromatic nitrogens is 3. The molecule has 2 N–H and O–H groups in total. The fourth-order valence-corrected chi connectivity index (χ4v) is 2.34. The average Bonchev–Trinajstić information content (AvgIpc) is 2.84. The van der Waals surface area contributed by atoms with E-state index in [0.717, 1.165) is 10.9 Å². The van der Waals surface area contributed by atoms with Crippen molar-refractivity contribution in [1.82, 2.24) is 14.8 Å². The van der Waals surface area contributed by atoms with E-state index in [2.05, 4.69) is 10.1 Å². The number of aryl methyl sites for hydroxylation is 1. The molecule has 2 aromatic heterocycles. The number of hydrogen-bond acceptors (Lipinski definition) is 4. The predicted molar refractivity (Wildman–Crippen MR) is 82.1 cm³/mol. The maximum atomic E-state index is 12.7. The van der Waals surface area contributed by atoms with E-state index < -0.39 is 0 Å². The van der Waals surface area contributed by atoms with Gasteiger partial charge in [0.25, 0.3) is 5.91 Å². The lowest BCUT2D eigenvalue weighted by molar-refractivity contribution is 0.0989. The van der Waals surface area contributed by atoms with Gasteiger partial charge in [0.15, 0.2) is 5.69 Å². The zero-order valence-corrected chi connectivity index (χ0v) is 11.8. The zero-order valence-electron chi connectivity index (χ0n) is 11.8. The number of carbonyl (C=O) groups excluding carboxylic acids is 1. The second-order valence-corrected chi connectivity index (χ2v) is 4.79. The van der Waals surface area contributed by atoms with Crippen LogP contribution in [0.2, 0.25) is 0 Å². The standard InChI is InChI=1S/C15H15N5O/c1-19(13-7-8-17-9-11(13)16)15(21)14-10-5-3-4-6-12(10)20(2)18-14/h3-9H,16H2,1-2H3. The number of fused-ring (bicyclic) bond motifs is 1. The molecule has 21 heavy (non-hydrogen) atoms.